The van der Waals surface area contributed by atoms with Crippen LogP contribution in [0.3, 0.4) is 0 Å². The van der Waals surface area contributed by atoms with Gasteiger partial charge in [0.15, 0.2) is 5.75 Å². The van der Waals surface area contributed by atoms with E-state index in [0.29, 0.717) is 37.9 Å². The summed E-state index contributed by atoms with van der Waals surface area (Å²) in [5.41, 5.74) is 1.36. The minimum atomic E-state index is -3.20. The second kappa shape index (κ2) is 10.7. The third kappa shape index (κ3) is 6.92. The minimum Gasteiger partial charge on any atom is -0.454 e. The van der Waals surface area contributed by atoms with Gasteiger partial charge >= 0.3 is 0 Å². The molecule has 0 amide bonds. The lowest BCUT2D eigenvalue weighted by atomic mass is 9.91. The van der Waals surface area contributed by atoms with Crippen molar-refractivity contribution in [3.05, 3.63) is 57.3 Å². The van der Waals surface area contributed by atoms with Gasteiger partial charge in [-0.2, -0.15) is 0 Å². The Morgan fingerprint density at radius 1 is 1.18 bits per heavy atom. The quantitative estimate of drug-likeness (QED) is 0.418. The van der Waals surface area contributed by atoms with Gasteiger partial charge in [-0.25, -0.2) is 17.1 Å². The molecule has 2 aromatic carbocycles. The maximum absolute atomic E-state index is 14.0. The van der Waals surface area contributed by atoms with Gasteiger partial charge < -0.3 is 4.74 Å². The average Bonchev–Trinajstić information content (AvgIpc) is 2.72. The summed E-state index contributed by atoms with van der Waals surface area (Å²) in [4.78, 5) is 12.7. The molecule has 0 radical (unpaired) electrons. The first-order valence-electron chi connectivity index (χ1n) is 10.9. The molecule has 0 atom stereocenters. The number of ether oxygens (including phenoxy) is 1. The van der Waals surface area contributed by atoms with Crippen molar-refractivity contribution in [2.24, 2.45) is 5.92 Å². The number of hydrogen-bond donors (Lipinski definition) is 0. The summed E-state index contributed by atoms with van der Waals surface area (Å²) in [6.45, 7) is 4.77. The van der Waals surface area contributed by atoms with Gasteiger partial charge in [0.1, 0.15) is 17.3 Å². The molecule has 2 aromatic rings. The Morgan fingerprint density at radius 3 is 2.45 bits per heavy atom. The molecule has 0 bridgehead atoms. The van der Waals surface area contributed by atoms with Crippen molar-refractivity contribution in [1.29, 1.82) is 0 Å². The first kappa shape index (κ1) is 25.9. The van der Waals surface area contributed by atoms with E-state index < -0.39 is 15.8 Å². The van der Waals surface area contributed by atoms with E-state index in [1.807, 2.05) is 13.8 Å². The highest BCUT2D eigenvalue weighted by molar-refractivity contribution is 7.88. The lowest BCUT2D eigenvalue weighted by Gasteiger charge is -2.29. The van der Waals surface area contributed by atoms with E-state index in [1.54, 1.807) is 18.2 Å². The molecule has 5 nitrogen and oxygen atoms in total. The van der Waals surface area contributed by atoms with Gasteiger partial charge in [0, 0.05) is 32.0 Å². The number of hydrogen-bond acceptors (Lipinski definition) is 4. The first-order valence-corrected chi connectivity index (χ1v) is 13.5. The zero-order valence-electron chi connectivity index (χ0n) is 18.9. The Labute approximate surface area is 204 Å². The third-order valence-corrected chi connectivity index (χ3v) is 7.87. The van der Waals surface area contributed by atoms with Crippen LogP contribution in [0.25, 0.3) is 0 Å². The van der Waals surface area contributed by atoms with E-state index in [1.165, 1.54) is 22.7 Å². The van der Waals surface area contributed by atoms with E-state index in [-0.39, 0.29) is 45.6 Å². The molecule has 1 saturated heterocycles. The van der Waals surface area contributed by atoms with E-state index in [4.69, 9.17) is 27.9 Å². The topological polar surface area (TPSA) is 63.7 Å². The molecule has 1 heterocycles. The number of benzene rings is 2. The van der Waals surface area contributed by atoms with Crippen molar-refractivity contribution in [3.8, 4) is 11.5 Å². The van der Waals surface area contributed by atoms with Crippen LogP contribution in [-0.2, 0) is 21.2 Å². The van der Waals surface area contributed by atoms with Crippen molar-refractivity contribution in [2.45, 2.75) is 45.4 Å². The summed E-state index contributed by atoms with van der Waals surface area (Å²) in [5.74, 6) is 0.308. The van der Waals surface area contributed by atoms with Crippen LogP contribution < -0.4 is 4.74 Å². The fourth-order valence-corrected chi connectivity index (χ4v) is 5.34. The zero-order chi connectivity index (χ0) is 24.3. The van der Waals surface area contributed by atoms with E-state index in [2.05, 4.69) is 0 Å². The van der Waals surface area contributed by atoms with Crippen LogP contribution in [0.1, 0.15) is 50.2 Å². The molecule has 1 aliphatic rings. The monoisotopic (exact) mass is 515 g/mol. The van der Waals surface area contributed by atoms with E-state index >= 15 is 0 Å². The molecule has 1 aliphatic heterocycles. The largest absolute Gasteiger partial charge is 0.454 e. The Morgan fingerprint density at radius 2 is 1.85 bits per heavy atom. The van der Waals surface area contributed by atoms with Crippen LogP contribution in [0.5, 0.6) is 11.5 Å². The Hall–Kier alpha value is -1.67. The van der Waals surface area contributed by atoms with Gasteiger partial charge in [0.25, 0.3) is 0 Å². The van der Waals surface area contributed by atoms with Crippen molar-refractivity contribution >= 4 is 39.0 Å². The molecular weight excluding hydrogens is 488 g/mol. The van der Waals surface area contributed by atoms with Gasteiger partial charge in [-0.15, -0.1) is 0 Å². The number of halogens is 3. The van der Waals surface area contributed by atoms with Gasteiger partial charge in [0.2, 0.25) is 10.0 Å². The van der Waals surface area contributed by atoms with Gasteiger partial charge in [0.05, 0.1) is 16.3 Å². The predicted octanol–water partition coefficient (Wildman–Crippen LogP) is 6.22. The molecule has 0 N–H and O–H groups in total. The zero-order valence-corrected chi connectivity index (χ0v) is 21.2. The average molecular weight is 516 g/mol. The molecule has 9 heteroatoms. The normalized spacial score (nSPS) is 15.7. The van der Waals surface area contributed by atoms with Crippen LogP contribution in [0.15, 0.2) is 30.3 Å². The third-order valence-electron chi connectivity index (χ3n) is 5.86. The van der Waals surface area contributed by atoms with Gasteiger partial charge in [-0.1, -0.05) is 43.1 Å². The van der Waals surface area contributed by atoms with Gasteiger partial charge in [-0.05, 0) is 54.0 Å². The summed E-state index contributed by atoms with van der Waals surface area (Å²) < 4.78 is 44.6. The molecule has 0 unspecified atom stereocenters. The Balaban J connectivity index is 1.69. The molecule has 0 spiro atoms. The molecule has 1 fully saturated rings. The number of carbonyl (C=O) groups excluding carboxylic acids is 1. The SMILES string of the molecule is CC(C)c1cc(F)cc(Oc2c(Cl)ccc(CC(=O)CC3CCN(S(C)(=O)=O)CC3)c2Cl)c1. The molecule has 0 saturated carbocycles. The van der Waals surface area contributed by atoms with Crippen LogP contribution in [0.4, 0.5) is 4.39 Å². The predicted molar refractivity (Wildman–Crippen MR) is 129 cm³/mol. The number of carbonyl (C=O) groups is 1. The lowest BCUT2D eigenvalue weighted by molar-refractivity contribution is -0.119. The number of nitrogens with zero attached hydrogens (tertiary/aromatic N) is 1. The van der Waals surface area contributed by atoms with E-state index in [0.717, 1.165) is 5.56 Å². The van der Waals surface area contributed by atoms with Crippen LogP contribution in [0, 0.1) is 11.7 Å². The maximum Gasteiger partial charge on any atom is 0.211 e. The summed E-state index contributed by atoms with van der Waals surface area (Å²) in [5, 5.41) is 0.484. The van der Waals surface area contributed by atoms with Crippen molar-refractivity contribution in [3.63, 3.8) is 0 Å². The van der Waals surface area contributed by atoms with Crippen LogP contribution >= 0.6 is 23.2 Å². The van der Waals surface area contributed by atoms with E-state index in [9.17, 15) is 17.6 Å². The highest BCUT2D eigenvalue weighted by atomic mass is 35.5. The van der Waals surface area contributed by atoms with Crippen LogP contribution in [-0.4, -0.2) is 37.9 Å². The number of Topliss-reactive ketones (excluding diaryl/α,β-unsaturated/α-hetero) is 1. The fourth-order valence-electron chi connectivity index (χ4n) is 3.95. The molecule has 33 heavy (non-hydrogen) atoms. The second-order valence-electron chi connectivity index (χ2n) is 8.85. The maximum atomic E-state index is 14.0. The summed E-state index contributed by atoms with van der Waals surface area (Å²) >= 11 is 12.8. The molecule has 3 rings (SSSR count). The fraction of sp³-hybridized carbons (Fsp3) is 0.458. The van der Waals surface area contributed by atoms with Crippen LogP contribution in [0.2, 0.25) is 10.0 Å². The van der Waals surface area contributed by atoms with Crippen molar-refractivity contribution < 1.29 is 22.3 Å². The Bertz CT molecular complexity index is 1130. The number of sulfonamides is 1. The number of ketones is 1. The number of rotatable bonds is 8. The van der Waals surface area contributed by atoms with Gasteiger partial charge in [-0.3, -0.25) is 4.79 Å². The van der Waals surface area contributed by atoms with Crippen molar-refractivity contribution in [1.82, 2.24) is 4.31 Å². The second-order valence-corrected chi connectivity index (χ2v) is 11.6. The first-order chi connectivity index (χ1) is 15.4. The summed E-state index contributed by atoms with van der Waals surface area (Å²) in [6, 6.07) is 7.75. The highest BCUT2D eigenvalue weighted by Crippen LogP contribution is 2.40. The molecule has 0 aliphatic carbocycles. The smallest absolute Gasteiger partial charge is 0.211 e. The Kier molecular flexibility index (Phi) is 8.43. The standard InChI is InChI=1S/C24H28Cl2FNO4S/c1-15(2)18-11-19(27)14-21(13-18)32-24-22(25)5-4-17(23(24)26)12-20(29)10-16-6-8-28(9-7-16)33(3,30)31/h4-5,11,13-16H,6-10,12H2,1-3H3. The molecule has 0 aromatic heterocycles. The minimum absolute atomic E-state index is 0.0100. The highest BCUT2D eigenvalue weighted by Gasteiger charge is 2.26. The molecule has 180 valence electrons. The molecular formula is C24H28Cl2FNO4S. The number of piperidine rings is 1. The summed E-state index contributed by atoms with van der Waals surface area (Å²) in [7, 11) is -3.20. The summed E-state index contributed by atoms with van der Waals surface area (Å²) in [6.07, 6.45) is 2.97. The lowest BCUT2D eigenvalue weighted by Crippen LogP contribution is -2.38. The van der Waals surface area contributed by atoms with Crippen molar-refractivity contribution in [2.75, 3.05) is 19.3 Å².